The molecule has 1 heterocycles. The van der Waals surface area contributed by atoms with Crippen molar-refractivity contribution in [3.8, 4) is 0 Å². The van der Waals surface area contributed by atoms with Crippen LogP contribution in [0.5, 0.6) is 0 Å². The van der Waals surface area contributed by atoms with Crippen molar-refractivity contribution >= 4 is 0 Å². The van der Waals surface area contributed by atoms with Gasteiger partial charge in [-0.3, -0.25) is 4.90 Å². The second-order valence-electron chi connectivity index (χ2n) is 5.25. The predicted molar refractivity (Wildman–Crippen MR) is 77.8 cm³/mol. The number of aryl methyl sites for hydroxylation is 1. The lowest BCUT2D eigenvalue weighted by Crippen LogP contribution is -2.32. The summed E-state index contributed by atoms with van der Waals surface area (Å²) < 4.78 is 0. The van der Waals surface area contributed by atoms with Crippen molar-refractivity contribution in [3.63, 3.8) is 0 Å². The fourth-order valence-electron chi connectivity index (χ4n) is 2.62. The maximum atomic E-state index is 3.54. The summed E-state index contributed by atoms with van der Waals surface area (Å²) in [4.78, 5) is 2.59. The topological polar surface area (TPSA) is 15.3 Å². The second kappa shape index (κ2) is 7.55. The average Bonchev–Trinajstić information content (AvgIpc) is 2.60. The van der Waals surface area contributed by atoms with E-state index in [1.165, 1.54) is 50.9 Å². The molecule has 0 amide bonds. The number of hydrogen-bond donors (Lipinski definition) is 1. The summed E-state index contributed by atoms with van der Waals surface area (Å²) in [5.74, 6) is 0. The Morgan fingerprint density at radius 2 is 2.00 bits per heavy atom. The fraction of sp³-hybridized carbons (Fsp3) is 0.625. The maximum absolute atomic E-state index is 3.54. The van der Waals surface area contributed by atoms with Gasteiger partial charge in [0.2, 0.25) is 0 Å². The summed E-state index contributed by atoms with van der Waals surface area (Å²) in [6, 6.07) is 8.92. The highest BCUT2D eigenvalue weighted by Gasteiger charge is 2.12. The standard InChI is InChI=1S/C16H26N2/c1-2-3-10-17-11-13-18-12-6-9-15-7-4-5-8-16(15)14-18/h4-5,7-8,17H,2-3,6,9-14H2,1H3. The Bertz CT molecular complexity index is 349. The molecule has 0 saturated heterocycles. The van der Waals surface area contributed by atoms with E-state index in [-0.39, 0.29) is 0 Å². The molecular formula is C16H26N2. The van der Waals surface area contributed by atoms with Crippen molar-refractivity contribution in [2.75, 3.05) is 26.2 Å². The maximum Gasteiger partial charge on any atom is 0.0237 e. The Morgan fingerprint density at radius 1 is 1.17 bits per heavy atom. The number of hydrogen-bond acceptors (Lipinski definition) is 2. The molecule has 1 aromatic carbocycles. The number of nitrogens with one attached hydrogen (secondary N) is 1. The van der Waals surface area contributed by atoms with Crippen LogP contribution in [0.1, 0.15) is 37.3 Å². The van der Waals surface area contributed by atoms with Crippen molar-refractivity contribution in [1.29, 1.82) is 0 Å². The van der Waals surface area contributed by atoms with Crippen LogP contribution in [0.15, 0.2) is 24.3 Å². The highest BCUT2D eigenvalue weighted by molar-refractivity contribution is 5.27. The van der Waals surface area contributed by atoms with Gasteiger partial charge in [-0.15, -0.1) is 0 Å². The first kappa shape index (κ1) is 13.6. The van der Waals surface area contributed by atoms with Crippen LogP contribution in [-0.4, -0.2) is 31.1 Å². The molecule has 0 aliphatic carbocycles. The molecule has 0 radical (unpaired) electrons. The van der Waals surface area contributed by atoms with Crippen LogP contribution >= 0.6 is 0 Å². The van der Waals surface area contributed by atoms with Crippen molar-refractivity contribution in [3.05, 3.63) is 35.4 Å². The molecule has 0 spiro atoms. The van der Waals surface area contributed by atoms with Crippen molar-refractivity contribution < 1.29 is 0 Å². The third kappa shape index (κ3) is 4.11. The van der Waals surface area contributed by atoms with Gasteiger partial charge < -0.3 is 5.32 Å². The molecule has 1 aliphatic heterocycles. The SMILES string of the molecule is CCCCNCCN1CCCc2ccccc2C1. The van der Waals surface area contributed by atoms with Gasteiger partial charge in [0.1, 0.15) is 0 Å². The lowest BCUT2D eigenvalue weighted by molar-refractivity contribution is 0.269. The Labute approximate surface area is 111 Å². The van der Waals surface area contributed by atoms with E-state index in [0.717, 1.165) is 13.1 Å². The zero-order valence-corrected chi connectivity index (χ0v) is 11.6. The summed E-state index contributed by atoms with van der Waals surface area (Å²) in [6.07, 6.45) is 5.12. The minimum Gasteiger partial charge on any atom is -0.315 e. The summed E-state index contributed by atoms with van der Waals surface area (Å²) in [5, 5.41) is 3.54. The first-order valence-electron chi connectivity index (χ1n) is 7.40. The third-order valence-corrected chi connectivity index (χ3v) is 3.74. The van der Waals surface area contributed by atoms with Crippen LogP contribution in [0.25, 0.3) is 0 Å². The first-order chi connectivity index (χ1) is 8.90. The van der Waals surface area contributed by atoms with Crippen molar-refractivity contribution in [2.24, 2.45) is 0 Å². The minimum atomic E-state index is 1.13. The van der Waals surface area contributed by atoms with Crippen molar-refractivity contribution in [1.82, 2.24) is 10.2 Å². The molecule has 2 nitrogen and oxygen atoms in total. The van der Waals surface area contributed by atoms with Crippen LogP contribution in [0.4, 0.5) is 0 Å². The van der Waals surface area contributed by atoms with Gasteiger partial charge in [0, 0.05) is 19.6 Å². The highest BCUT2D eigenvalue weighted by atomic mass is 15.1. The largest absolute Gasteiger partial charge is 0.315 e. The molecule has 0 bridgehead atoms. The predicted octanol–water partition coefficient (Wildman–Crippen LogP) is 2.82. The van der Waals surface area contributed by atoms with Gasteiger partial charge in [-0.1, -0.05) is 37.6 Å². The van der Waals surface area contributed by atoms with Gasteiger partial charge in [0.15, 0.2) is 0 Å². The van der Waals surface area contributed by atoms with Crippen LogP contribution < -0.4 is 5.32 Å². The summed E-state index contributed by atoms with van der Waals surface area (Å²) in [6.45, 7) is 8.09. The van der Waals surface area contributed by atoms with Crippen LogP contribution in [0.3, 0.4) is 0 Å². The monoisotopic (exact) mass is 246 g/mol. The van der Waals surface area contributed by atoms with Crippen molar-refractivity contribution in [2.45, 2.75) is 39.2 Å². The Morgan fingerprint density at radius 3 is 2.83 bits per heavy atom. The van der Waals surface area contributed by atoms with E-state index in [2.05, 4.69) is 41.4 Å². The quantitative estimate of drug-likeness (QED) is 0.777. The van der Waals surface area contributed by atoms with E-state index in [1.54, 1.807) is 5.56 Å². The van der Waals surface area contributed by atoms with Crippen LogP contribution in [0.2, 0.25) is 0 Å². The molecule has 0 unspecified atom stereocenters. The molecule has 100 valence electrons. The molecule has 0 atom stereocenters. The van der Waals surface area contributed by atoms with E-state index in [9.17, 15) is 0 Å². The normalized spacial score (nSPS) is 16.3. The third-order valence-electron chi connectivity index (χ3n) is 3.74. The van der Waals surface area contributed by atoms with Crippen LogP contribution in [0, 0.1) is 0 Å². The lowest BCUT2D eigenvalue weighted by Gasteiger charge is -2.20. The van der Waals surface area contributed by atoms with Gasteiger partial charge in [0.25, 0.3) is 0 Å². The molecule has 0 aromatic heterocycles. The van der Waals surface area contributed by atoms with E-state index in [1.807, 2.05) is 0 Å². The molecule has 1 N–H and O–H groups in total. The second-order valence-corrected chi connectivity index (χ2v) is 5.25. The Hall–Kier alpha value is -0.860. The Kier molecular flexibility index (Phi) is 5.69. The zero-order chi connectivity index (χ0) is 12.6. The number of rotatable bonds is 6. The Balaban J connectivity index is 1.77. The zero-order valence-electron chi connectivity index (χ0n) is 11.6. The van der Waals surface area contributed by atoms with Gasteiger partial charge in [-0.2, -0.15) is 0 Å². The summed E-state index contributed by atoms with van der Waals surface area (Å²) >= 11 is 0. The van der Waals surface area contributed by atoms with E-state index < -0.39 is 0 Å². The summed E-state index contributed by atoms with van der Waals surface area (Å²) in [7, 11) is 0. The number of nitrogens with zero attached hydrogens (tertiary/aromatic N) is 1. The lowest BCUT2D eigenvalue weighted by atomic mass is 10.0. The molecule has 2 heteroatoms. The average molecular weight is 246 g/mol. The molecular weight excluding hydrogens is 220 g/mol. The first-order valence-corrected chi connectivity index (χ1v) is 7.40. The summed E-state index contributed by atoms with van der Waals surface area (Å²) in [5.41, 5.74) is 3.09. The smallest absolute Gasteiger partial charge is 0.0237 e. The van der Waals surface area contributed by atoms with Gasteiger partial charge in [0.05, 0.1) is 0 Å². The molecule has 1 aliphatic rings. The molecule has 1 aromatic rings. The number of benzene rings is 1. The van der Waals surface area contributed by atoms with Crippen LogP contribution in [-0.2, 0) is 13.0 Å². The molecule has 0 saturated carbocycles. The van der Waals surface area contributed by atoms with Gasteiger partial charge >= 0.3 is 0 Å². The number of fused-ring (bicyclic) bond motifs is 1. The minimum absolute atomic E-state index is 1.13. The van der Waals surface area contributed by atoms with E-state index in [0.29, 0.717) is 0 Å². The number of unbranched alkanes of at least 4 members (excludes halogenated alkanes) is 1. The molecule has 18 heavy (non-hydrogen) atoms. The van der Waals surface area contributed by atoms with E-state index >= 15 is 0 Å². The van der Waals surface area contributed by atoms with Gasteiger partial charge in [-0.05, 0) is 43.5 Å². The van der Waals surface area contributed by atoms with Gasteiger partial charge in [-0.25, -0.2) is 0 Å². The molecule has 0 fully saturated rings. The molecule has 2 rings (SSSR count). The fourth-order valence-corrected chi connectivity index (χ4v) is 2.62. The van der Waals surface area contributed by atoms with E-state index in [4.69, 9.17) is 0 Å². The highest BCUT2D eigenvalue weighted by Crippen LogP contribution is 2.17.